The van der Waals surface area contributed by atoms with Crippen molar-refractivity contribution in [1.82, 2.24) is 10.2 Å². The highest BCUT2D eigenvalue weighted by Gasteiger charge is 2.31. The van der Waals surface area contributed by atoms with E-state index in [1.165, 1.54) is 0 Å². The zero-order valence-electron chi connectivity index (χ0n) is 8.66. The number of aromatic nitrogens is 2. The van der Waals surface area contributed by atoms with Gasteiger partial charge in [-0.1, -0.05) is 6.92 Å². The SMILES string of the molecule is CCC1C(C#N)=C(N)Oc2n[nH]c(C)c21. The van der Waals surface area contributed by atoms with Gasteiger partial charge in [0.1, 0.15) is 6.07 Å². The van der Waals surface area contributed by atoms with Crippen LogP contribution in [0, 0.1) is 18.3 Å². The molecule has 0 radical (unpaired) electrons. The van der Waals surface area contributed by atoms with E-state index in [-0.39, 0.29) is 11.8 Å². The molecule has 0 fully saturated rings. The molecule has 1 unspecified atom stereocenters. The van der Waals surface area contributed by atoms with Gasteiger partial charge in [0.25, 0.3) is 0 Å². The van der Waals surface area contributed by atoms with Crippen molar-refractivity contribution < 1.29 is 4.74 Å². The minimum Gasteiger partial charge on any atom is -0.420 e. The maximum absolute atomic E-state index is 9.02. The number of allylic oxidation sites excluding steroid dienone is 1. The van der Waals surface area contributed by atoms with Gasteiger partial charge in [0.2, 0.25) is 11.8 Å². The summed E-state index contributed by atoms with van der Waals surface area (Å²) in [5.41, 5.74) is 8.03. The summed E-state index contributed by atoms with van der Waals surface area (Å²) in [7, 11) is 0. The highest BCUT2D eigenvalue weighted by molar-refractivity contribution is 5.48. The molecule has 78 valence electrons. The fourth-order valence-corrected chi connectivity index (χ4v) is 1.92. The molecule has 5 heteroatoms. The largest absolute Gasteiger partial charge is 0.420 e. The van der Waals surface area contributed by atoms with Crippen molar-refractivity contribution in [2.45, 2.75) is 26.2 Å². The number of aryl methyl sites for hydroxylation is 1. The number of aromatic amines is 1. The molecule has 0 bridgehead atoms. The zero-order valence-corrected chi connectivity index (χ0v) is 8.66. The molecule has 0 spiro atoms. The summed E-state index contributed by atoms with van der Waals surface area (Å²) in [5, 5.41) is 15.9. The fraction of sp³-hybridized carbons (Fsp3) is 0.400. The second-order valence-corrected chi connectivity index (χ2v) is 3.52. The molecule has 1 aromatic rings. The van der Waals surface area contributed by atoms with Gasteiger partial charge in [0, 0.05) is 17.2 Å². The first-order valence-corrected chi connectivity index (χ1v) is 4.81. The number of nitrogens with one attached hydrogen (secondary N) is 1. The van der Waals surface area contributed by atoms with Crippen LogP contribution < -0.4 is 10.5 Å². The minimum absolute atomic E-state index is 0.00231. The molecule has 0 aromatic carbocycles. The molecule has 1 aliphatic rings. The third-order valence-electron chi connectivity index (χ3n) is 2.66. The zero-order chi connectivity index (χ0) is 11.0. The van der Waals surface area contributed by atoms with Gasteiger partial charge in [-0.2, -0.15) is 5.26 Å². The molecule has 15 heavy (non-hydrogen) atoms. The lowest BCUT2D eigenvalue weighted by Crippen LogP contribution is -2.19. The normalized spacial score (nSPS) is 19.4. The van der Waals surface area contributed by atoms with E-state index in [2.05, 4.69) is 16.3 Å². The van der Waals surface area contributed by atoms with Crippen molar-refractivity contribution in [2.75, 3.05) is 0 Å². The third-order valence-corrected chi connectivity index (χ3v) is 2.66. The van der Waals surface area contributed by atoms with Crippen LogP contribution in [0.4, 0.5) is 0 Å². The molecule has 5 nitrogen and oxygen atoms in total. The molecule has 3 N–H and O–H groups in total. The second-order valence-electron chi connectivity index (χ2n) is 3.52. The molecule has 0 saturated heterocycles. The van der Waals surface area contributed by atoms with Crippen LogP contribution in [0.25, 0.3) is 0 Å². The van der Waals surface area contributed by atoms with Crippen molar-refractivity contribution in [3.05, 3.63) is 22.7 Å². The summed E-state index contributed by atoms with van der Waals surface area (Å²) in [6.07, 6.45) is 0.806. The van der Waals surface area contributed by atoms with Gasteiger partial charge in [0.15, 0.2) is 0 Å². The van der Waals surface area contributed by atoms with Crippen LogP contribution in [-0.4, -0.2) is 10.2 Å². The minimum atomic E-state index is -0.00231. The second kappa shape index (κ2) is 3.31. The van der Waals surface area contributed by atoms with Crippen molar-refractivity contribution in [1.29, 1.82) is 5.26 Å². The van der Waals surface area contributed by atoms with Gasteiger partial charge in [0.05, 0.1) is 5.57 Å². The number of rotatable bonds is 1. The number of hydrogen-bond donors (Lipinski definition) is 2. The molecule has 0 amide bonds. The molecule has 2 rings (SSSR count). The van der Waals surface area contributed by atoms with Gasteiger partial charge in [-0.3, -0.25) is 5.10 Å². The van der Waals surface area contributed by atoms with Gasteiger partial charge in [-0.05, 0) is 13.3 Å². The highest BCUT2D eigenvalue weighted by atomic mass is 16.5. The van der Waals surface area contributed by atoms with Crippen LogP contribution in [0.15, 0.2) is 11.5 Å². The molecule has 2 heterocycles. The highest BCUT2D eigenvalue weighted by Crippen LogP contribution is 2.39. The standard InChI is InChI=1S/C10H12N4O/c1-3-6-7(4-11)9(12)15-10-8(6)5(2)13-14-10/h6H,3,12H2,1-2H3,(H,13,14). The molecule has 1 aromatic heterocycles. The first-order chi connectivity index (χ1) is 7.19. The van der Waals surface area contributed by atoms with Gasteiger partial charge >= 0.3 is 0 Å². The van der Waals surface area contributed by atoms with E-state index in [0.29, 0.717) is 11.5 Å². The van der Waals surface area contributed by atoms with Crippen LogP contribution >= 0.6 is 0 Å². The number of hydrogen-bond acceptors (Lipinski definition) is 4. The molecular formula is C10H12N4O. The summed E-state index contributed by atoms with van der Waals surface area (Å²) in [6, 6.07) is 2.10. The van der Waals surface area contributed by atoms with Gasteiger partial charge in [-0.25, -0.2) is 0 Å². The Morgan fingerprint density at radius 2 is 2.40 bits per heavy atom. The fourth-order valence-electron chi connectivity index (χ4n) is 1.92. The molecule has 0 saturated carbocycles. The Bertz CT molecular complexity index is 466. The molecular weight excluding hydrogens is 192 g/mol. The molecule has 1 aliphatic heterocycles. The van der Waals surface area contributed by atoms with Crippen LogP contribution in [-0.2, 0) is 0 Å². The van der Waals surface area contributed by atoms with Crippen molar-refractivity contribution in [3.8, 4) is 11.9 Å². The maximum atomic E-state index is 9.02. The number of nitrogens with two attached hydrogens (primary N) is 1. The summed E-state index contributed by atoms with van der Waals surface area (Å²) < 4.78 is 5.28. The maximum Gasteiger partial charge on any atom is 0.243 e. The van der Waals surface area contributed by atoms with Crippen LogP contribution in [0.5, 0.6) is 5.88 Å². The quantitative estimate of drug-likeness (QED) is 0.721. The summed E-state index contributed by atoms with van der Waals surface area (Å²) >= 11 is 0. The lowest BCUT2D eigenvalue weighted by molar-refractivity contribution is 0.372. The number of H-pyrrole nitrogens is 1. The van der Waals surface area contributed by atoms with E-state index < -0.39 is 0 Å². The Balaban J connectivity index is 2.57. The van der Waals surface area contributed by atoms with Crippen molar-refractivity contribution in [3.63, 3.8) is 0 Å². The lowest BCUT2D eigenvalue weighted by atomic mass is 9.88. The topological polar surface area (TPSA) is 87.7 Å². The number of fused-ring (bicyclic) bond motifs is 1. The monoisotopic (exact) mass is 204 g/mol. The first kappa shape index (κ1) is 9.59. The third kappa shape index (κ3) is 1.26. The van der Waals surface area contributed by atoms with E-state index in [9.17, 15) is 0 Å². The summed E-state index contributed by atoms with van der Waals surface area (Å²) in [4.78, 5) is 0. The Morgan fingerprint density at radius 3 is 3.00 bits per heavy atom. The van der Waals surface area contributed by atoms with E-state index in [0.717, 1.165) is 17.7 Å². The number of nitriles is 1. The smallest absolute Gasteiger partial charge is 0.243 e. The Labute approximate surface area is 87.5 Å². The Kier molecular flexibility index (Phi) is 2.12. The Hall–Kier alpha value is -1.96. The Morgan fingerprint density at radius 1 is 1.67 bits per heavy atom. The van der Waals surface area contributed by atoms with Crippen molar-refractivity contribution >= 4 is 0 Å². The molecule has 1 atom stereocenters. The summed E-state index contributed by atoms with van der Waals surface area (Å²) in [5.74, 6) is 0.664. The number of ether oxygens (including phenoxy) is 1. The van der Waals surface area contributed by atoms with Gasteiger partial charge in [-0.15, -0.1) is 5.10 Å². The predicted octanol–water partition coefficient (Wildman–Crippen LogP) is 1.30. The van der Waals surface area contributed by atoms with E-state index in [1.54, 1.807) is 0 Å². The van der Waals surface area contributed by atoms with Crippen LogP contribution in [0.2, 0.25) is 0 Å². The van der Waals surface area contributed by atoms with Gasteiger partial charge < -0.3 is 10.5 Å². The van der Waals surface area contributed by atoms with E-state index >= 15 is 0 Å². The van der Waals surface area contributed by atoms with E-state index in [1.807, 2.05) is 13.8 Å². The average molecular weight is 204 g/mol. The summed E-state index contributed by atoms with van der Waals surface area (Å²) in [6.45, 7) is 3.92. The first-order valence-electron chi connectivity index (χ1n) is 4.81. The number of nitrogens with zero attached hydrogens (tertiary/aromatic N) is 2. The van der Waals surface area contributed by atoms with Crippen molar-refractivity contribution in [2.24, 2.45) is 5.73 Å². The average Bonchev–Trinajstić information content (AvgIpc) is 2.58. The lowest BCUT2D eigenvalue weighted by Gasteiger charge is -2.21. The van der Waals surface area contributed by atoms with Crippen LogP contribution in [0.1, 0.15) is 30.5 Å². The van der Waals surface area contributed by atoms with E-state index in [4.69, 9.17) is 15.7 Å². The van der Waals surface area contributed by atoms with Crippen LogP contribution in [0.3, 0.4) is 0 Å². The molecule has 0 aliphatic carbocycles. The predicted molar refractivity (Wildman–Crippen MR) is 53.8 cm³/mol.